The van der Waals surface area contributed by atoms with Crippen molar-refractivity contribution in [3.63, 3.8) is 0 Å². The lowest BCUT2D eigenvalue weighted by Gasteiger charge is -2.33. The molecule has 1 N–H and O–H groups in total. The molecule has 6 heteroatoms. The van der Waals surface area contributed by atoms with Crippen LogP contribution in [-0.4, -0.2) is 34.5 Å². The molecule has 1 unspecified atom stereocenters. The summed E-state index contributed by atoms with van der Waals surface area (Å²) in [6.07, 6.45) is -0.599. The second-order valence-corrected chi connectivity index (χ2v) is 6.98. The van der Waals surface area contributed by atoms with Crippen LogP contribution in [0, 0.1) is 5.41 Å². The minimum Gasteiger partial charge on any atom is -0.444 e. The quantitative estimate of drug-likeness (QED) is 0.786. The van der Waals surface area contributed by atoms with E-state index >= 15 is 0 Å². The van der Waals surface area contributed by atoms with E-state index in [4.69, 9.17) is 4.74 Å². The third-order valence-corrected chi connectivity index (χ3v) is 2.81. The number of alkyl carbamates (subject to hydrolysis) is 1. The minimum atomic E-state index is -0.681. The molecule has 0 radical (unpaired) electrons. The highest BCUT2D eigenvalue weighted by Gasteiger charge is 2.35. The first-order valence-electron chi connectivity index (χ1n) is 6.38. The van der Waals surface area contributed by atoms with Gasteiger partial charge >= 0.3 is 6.09 Å². The fourth-order valence-electron chi connectivity index (χ4n) is 1.38. The summed E-state index contributed by atoms with van der Waals surface area (Å²) in [4.78, 5) is 24.0. The molecule has 19 heavy (non-hydrogen) atoms. The van der Waals surface area contributed by atoms with Crippen LogP contribution in [0.15, 0.2) is 0 Å². The zero-order valence-electron chi connectivity index (χ0n) is 12.9. The maximum absolute atomic E-state index is 12.2. The molecule has 0 aromatic rings. The lowest BCUT2D eigenvalue weighted by atomic mass is 9.86. The molecule has 2 amide bonds. The molecule has 1 atom stereocenters. The predicted octanol–water partition coefficient (Wildman–Crippen LogP) is 2.62. The number of nitrogens with one attached hydrogen (secondary N) is 1. The molecule has 0 aliphatic heterocycles. The highest BCUT2D eigenvalue weighted by Crippen LogP contribution is 2.22. The molecule has 0 aromatic heterocycles. The van der Waals surface area contributed by atoms with Crippen LogP contribution in [0.2, 0.25) is 0 Å². The average molecular weight is 290 g/mol. The zero-order chi connectivity index (χ0) is 15.4. The summed E-state index contributed by atoms with van der Waals surface area (Å²) in [6.45, 7) is 13.2. The van der Waals surface area contributed by atoms with Gasteiger partial charge < -0.3 is 10.1 Å². The summed E-state index contributed by atoms with van der Waals surface area (Å²) in [5.41, 5.74) is -1.02. The first-order chi connectivity index (χ1) is 8.38. The molecule has 0 fully saturated rings. The van der Waals surface area contributed by atoms with Gasteiger partial charge in [-0.2, -0.15) is 0 Å². The lowest BCUT2D eigenvalue weighted by molar-refractivity contribution is -0.130. The number of hydrogen-bond acceptors (Lipinski definition) is 4. The Hall–Kier alpha value is -0.910. The number of nitrogens with zero attached hydrogens (tertiary/aromatic N) is 1. The fourth-order valence-corrected chi connectivity index (χ4v) is 1.49. The standard InChI is InChI=1S/C13H26N2O3S/c1-8-15(19)10(16)9(12(2,3)4)14-11(17)18-13(5,6)7/h9,19H,8H2,1-7H3,(H,14,17). The van der Waals surface area contributed by atoms with E-state index < -0.39 is 23.2 Å². The van der Waals surface area contributed by atoms with Crippen LogP contribution in [0.3, 0.4) is 0 Å². The molecule has 0 saturated carbocycles. The molecule has 0 heterocycles. The molecule has 0 aromatic carbocycles. The van der Waals surface area contributed by atoms with Gasteiger partial charge in [0, 0.05) is 6.54 Å². The molecular formula is C13H26N2O3S. The van der Waals surface area contributed by atoms with Gasteiger partial charge in [0.1, 0.15) is 11.6 Å². The smallest absolute Gasteiger partial charge is 0.408 e. The van der Waals surface area contributed by atoms with Crippen molar-refractivity contribution >= 4 is 24.8 Å². The molecule has 0 aliphatic rings. The molecule has 5 nitrogen and oxygen atoms in total. The van der Waals surface area contributed by atoms with Crippen molar-refractivity contribution in [2.45, 2.75) is 60.1 Å². The Morgan fingerprint density at radius 3 is 2.00 bits per heavy atom. The number of carbonyl (C=O) groups excluding carboxylic acids is 2. The second kappa shape index (κ2) is 6.50. The van der Waals surface area contributed by atoms with Crippen LogP contribution in [0.5, 0.6) is 0 Å². The van der Waals surface area contributed by atoms with Gasteiger partial charge in [-0.1, -0.05) is 33.6 Å². The first-order valence-corrected chi connectivity index (χ1v) is 6.78. The molecule has 0 spiro atoms. The van der Waals surface area contributed by atoms with Gasteiger partial charge in [-0.25, -0.2) is 4.79 Å². The van der Waals surface area contributed by atoms with Gasteiger partial charge in [0.15, 0.2) is 0 Å². The van der Waals surface area contributed by atoms with Crippen molar-refractivity contribution in [1.82, 2.24) is 9.62 Å². The fraction of sp³-hybridized carbons (Fsp3) is 0.846. The zero-order valence-corrected chi connectivity index (χ0v) is 13.8. The first kappa shape index (κ1) is 18.1. The van der Waals surface area contributed by atoms with Crippen LogP contribution in [0.1, 0.15) is 48.5 Å². The molecule has 0 bridgehead atoms. The van der Waals surface area contributed by atoms with E-state index in [-0.39, 0.29) is 5.91 Å². The topological polar surface area (TPSA) is 58.6 Å². The molecular weight excluding hydrogens is 264 g/mol. The Balaban J connectivity index is 4.91. The number of rotatable bonds is 3. The van der Waals surface area contributed by atoms with E-state index in [0.29, 0.717) is 6.54 Å². The minimum absolute atomic E-state index is 0.246. The van der Waals surface area contributed by atoms with Crippen LogP contribution >= 0.6 is 12.8 Å². The maximum atomic E-state index is 12.2. The van der Waals surface area contributed by atoms with Gasteiger partial charge in [-0.15, -0.1) is 0 Å². The Morgan fingerprint density at radius 2 is 1.68 bits per heavy atom. The van der Waals surface area contributed by atoms with E-state index in [1.807, 2.05) is 27.7 Å². The lowest BCUT2D eigenvalue weighted by Crippen LogP contribution is -2.53. The van der Waals surface area contributed by atoms with Gasteiger partial charge in [0.2, 0.25) is 0 Å². The normalized spacial score (nSPS) is 13.7. The number of carbonyl (C=O) groups is 2. The van der Waals surface area contributed by atoms with E-state index in [1.54, 1.807) is 20.8 Å². The SMILES string of the molecule is CCN(S)C(=O)C(NC(=O)OC(C)(C)C)C(C)(C)C. The Labute approximate surface area is 121 Å². The highest BCUT2D eigenvalue weighted by molar-refractivity contribution is 7.78. The summed E-state index contributed by atoms with van der Waals surface area (Å²) in [5, 5.41) is 2.63. The third-order valence-electron chi connectivity index (χ3n) is 2.33. The Bertz CT molecular complexity index is 332. The predicted molar refractivity (Wildman–Crippen MR) is 79.0 cm³/mol. The number of likely N-dealkylation sites (N-methyl/N-ethyl adjacent to an activating group) is 1. The van der Waals surface area contributed by atoms with Crippen molar-refractivity contribution < 1.29 is 14.3 Å². The van der Waals surface area contributed by atoms with Gasteiger partial charge in [0.25, 0.3) is 5.91 Å². The van der Waals surface area contributed by atoms with Crippen molar-refractivity contribution in [3.8, 4) is 0 Å². The van der Waals surface area contributed by atoms with Crippen molar-refractivity contribution in [3.05, 3.63) is 0 Å². The van der Waals surface area contributed by atoms with Crippen molar-refractivity contribution in [2.24, 2.45) is 5.41 Å². The Kier molecular flexibility index (Phi) is 6.19. The van der Waals surface area contributed by atoms with Crippen LogP contribution in [0.25, 0.3) is 0 Å². The van der Waals surface area contributed by atoms with Crippen LogP contribution < -0.4 is 5.32 Å². The largest absolute Gasteiger partial charge is 0.444 e. The molecule has 0 aliphatic carbocycles. The third kappa shape index (κ3) is 6.71. The summed E-state index contributed by atoms with van der Waals surface area (Å²) >= 11 is 4.10. The number of thiol groups is 1. The van der Waals surface area contributed by atoms with Crippen molar-refractivity contribution in [1.29, 1.82) is 0 Å². The van der Waals surface area contributed by atoms with Crippen LogP contribution in [-0.2, 0) is 9.53 Å². The number of hydrogen-bond donors (Lipinski definition) is 2. The maximum Gasteiger partial charge on any atom is 0.408 e. The monoisotopic (exact) mass is 290 g/mol. The van der Waals surface area contributed by atoms with E-state index in [0.717, 1.165) is 0 Å². The second-order valence-electron chi connectivity index (χ2n) is 6.50. The van der Waals surface area contributed by atoms with Gasteiger partial charge in [-0.3, -0.25) is 9.10 Å². The van der Waals surface area contributed by atoms with Crippen LogP contribution in [0.4, 0.5) is 4.79 Å². The van der Waals surface area contributed by atoms with Crippen molar-refractivity contribution in [2.75, 3.05) is 6.54 Å². The summed E-state index contributed by atoms with van der Waals surface area (Å²) in [7, 11) is 0. The van der Waals surface area contributed by atoms with E-state index in [1.165, 1.54) is 4.31 Å². The number of amides is 2. The highest BCUT2D eigenvalue weighted by atomic mass is 32.1. The summed E-state index contributed by atoms with van der Waals surface area (Å²) < 4.78 is 6.47. The number of ether oxygens (including phenoxy) is 1. The molecule has 0 saturated heterocycles. The van der Waals surface area contributed by atoms with Gasteiger partial charge in [-0.05, 0) is 33.1 Å². The van der Waals surface area contributed by atoms with Gasteiger partial charge in [0.05, 0.1) is 0 Å². The van der Waals surface area contributed by atoms with E-state index in [2.05, 4.69) is 18.1 Å². The average Bonchev–Trinajstić information content (AvgIpc) is 2.19. The summed E-state index contributed by atoms with van der Waals surface area (Å²) in [5.74, 6) is -0.246. The molecule has 112 valence electrons. The molecule has 0 rings (SSSR count). The van der Waals surface area contributed by atoms with E-state index in [9.17, 15) is 9.59 Å². The summed E-state index contributed by atoms with van der Waals surface area (Å²) in [6, 6.07) is -0.681. The Morgan fingerprint density at radius 1 is 1.21 bits per heavy atom.